The zero-order valence-corrected chi connectivity index (χ0v) is 9.38. The molecule has 1 aliphatic rings. The maximum absolute atomic E-state index is 9.83. The molecule has 1 saturated heterocycles. The minimum absolute atomic E-state index is 0.406. The number of nitrogens with zero attached hydrogens (tertiary/aromatic N) is 2. The Labute approximate surface area is 95.7 Å². The van der Waals surface area contributed by atoms with E-state index in [-0.39, 0.29) is 0 Å². The van der Waals surface area contributed by atoms with Gasteiger partial charge in [-0.2, -0.15) is 0 Å². The lowest BCUT2D eigenvalue weighted by atomic mass is 10.1. The highest BCUT2D eigenvalue weighted by molar-refractivity contribution is 4.92. The first-order valence-corrected chi connectivity index (χ1v) is 5.93. The predicted octanol–water partition coefficient (Wildman–Crippen LogP) is 1.86. The van der Waals surface area contributed by atoms with Crippen LogP contribution in [0.5, 0.6) is 0 Å². The minimum Gasteiger partial charge on any atom is -0.385 e. The number of rotatable bonds is 5. The Morgan fingerprint density at radius 3 is 2.94 bits per heavy atom. The van der Waals surface area contributed by atoms with E-state index in [4.69, 9.17) is 4.74 Å². The average molecular weight is 222 g/mol. The summed E-state index contributed by atoms with van der Waals surface area (Å²) in [6, 6.07) is 1.75. The van der Waals surface area contributed by atoms with Crippen molar-refractivity contribution in [3.8, 4) is 0 Å². The average Bonchev–Trinajstić information content (AvgIpc) is 2.83. The summed E-state index contributed by atoms with van der Waals surface area (Å²) in [5, 5.41) is 9.83. The maximum atomic E-state index is 9.83. The zero-order valence-electron chi connectivity index (χ0n) is 9.38. The molecule has 88 valence electrons. The van der Waals surface area contributed by atoms with Crippen LogP contribution in [0.4, 0.5) is 0 Å². The van der Waals surface area contributed by atoms with E-state index in [1.807, 2.05) is 0 Å². The highest BCUT2D eigenvalue weighted by Crippen LogP contribution is 2.21. The molecule has 2 heterocycles. The summed E-state index contributed by atoms with van der Waals surface area (Å²) >= 11 is 0. The third-order valence-electron chi connectivity index (χ3n) is 2.91. The highest BCUT2D eigenvalue weighted by Gasteiger charge is 2.16. The van der Waals surface area contributed by atoms with E-state index in [9.17, 15) is 5.11 Å². The van der Waals surface area contributed by atoms with Crippen LogP contribution in [0.1, 0.15) is 44.0 Å². The van der Waals surface area contributed by atoms with E-state index in [1.165, 1.54) is 6.42 Å². The van der Waals surface area contributed by atoms with Crippen molar-refractivity contribution in [1.82, 2.24) is 9.97 Å². The molecule has 0 spiro atoms. The molecule has 2 rings (SSSR count). The van der Waals surface area contributed by atoms with Gasteiger partial charge in [0.2, 0.25) is 0 Å². The summed E-state index contributed by atoms with van der Waals surface area (Å²) < 4.78 is 5.53. The van der Waals surface area contributed by atoms with E-state index < -0.39 is 6.10 Å². The summed E-state index contributed by atoms with van der Waals surface area (Å²) in [5.74, 6) is 0.523. The molecule has 1 N–H and O–H groups in total. The van der Waals surface area contributed by atoms with Crippen molar-refractivity contribution in [1.29, 1.82) is 0 Å². The molecular formula is C12H18N2O2. The number of aliphatic hydroxyl groups excluding tert-OH is 1. The Bertz CT molecular complexity index is 299. The van der Waals surface area contributed by atoms with Gasteiger partial charge in [0.1, 0.15) is 6.10 Å². The van der Waals surface area contributed by atoms with Crippen LogP contribution >= 0.6 is 0 Å². The normalized spacial score (nSPS) is 22.2. The molecule has 1 fully saturated rings. The van der Waals surface area contributed by atoms with Crippen LogP contribution in [0, 0.1) is 0 Å². The lowest BCUT2D eigenvalue weighted by Gasteiger charge is -2.11. The SMILES string of the molecule is OC(CCCC1CCCO1)c1ncccn1. The number of hydrogen-bond acceptors (Lipinski definition) is 4. The molecule has 0 aromatic carbocycles. The molecule has 0 bridgehead atoms. The Morgan fingerprint density at radius 2 is 2.25 bits per heavy atom. The molecule has 4 heteroatoms. The van der Waals surface area contributed by atoms with Gasteiger partial charge in [-0.15, -0.1) is 0 Å². The summed E-state index contributed by atoms with van der Waals surface area (Å²) in [5.41, 5.74) is 0. The van der Waals surface area contributed by atoms with Crippen LogP contribution in [0.15, 0.2) is 18.5 Å². The van der Waals surface area contributed by atoms with Crippen molar-refractivity contribution < 1.29 is 9.84 Å². The number of ether oxygens (including phenoxy) is 1. The van der Waals surface area contributed by atoms with Crippen LogP contribution in [0.25, 0.3) is 0 Å². The molecule has 1 aromatic heterocycles. The molecule has 2 unspecified atom stereocenters. The lowest BCUT2D eigenvalue weighted by molar-refractivity contribution is 0.0933. The topological polar surface area (TPSA) is 55.2 Å². The van der Waals surface area contributed by atoms with Gasteiger partial charge in [-0.3, -0.25) is 0 Å². The molecule has 0 saturated carbocycles. The first-order valence-electron chi connectivity index (χ1n) is 5.93. The standard InChI is InChI=1S/C12H18N2O2/c15-11(12-13-7-3-8-14-12)6-1-4-10-5-2-9-16-10/h3,7-8,10-11,15H,1-2,4-6,9H2. The maximum Gasteiger partial charge on any atom is 0.156 e. The van der Waals surface area contributed by atoms with Gasteiger partial charge in [0.25, 0.3) is 0 Å². The molecule has 0 radical (unpaired) electrons. The minimum atomic E-state index is -0.539. The van der Waals surface area contributed by atoms with E-state index in [0.717, 1.165) is 25.9 Å². The van der Waals surface area contributed by atoms with Crippen LogP contribution < -0.4 is 0 Å². The van der Waals surface area contributed by atoms with Gasteiger partial charge in [-0.1, -0.05) is 0 Å². The molecular weight excluding hydrogens is 204 g/mol. The van der Waals surface area contributed by atoms with E-state index in [1.54, 1.807) is 18.5 Å². The smallest absolute Gasteiger partial charge is 0.156 e. The van der Waals surface area contributed by atoms with Crippen molar-refractivity contribution >= 4 is 0 Å². The van der Waals surface area contributed by atoms with Gasteiger partial charge < -0.3 is 9.84 Å². The molecule has 2 atom stereocenters. The lowest BCUT2D eigenvalue weighted by Crippen LogP contribution is -2.07. The van der Waals surface area contributed by atoms with Crippen LogP contribution in [0.2, 0.25) is 0 Å². The van der Waals surface area contributed by atoms with Gasteiger partial charge in [0, 0.05) is 19.0 Å². The van der Waals surface area contributed by atoms with Gasteiger partial charge >= 0.3 is 0 Å². The monoisotopic (exact) mass is 222 g/mol. The zero-order chi connectivity index (χ0) is 11.2. The Kier molecular flexibility index (Phi) is 4.25. The van der Waals surface area contributed by atoms with Crippen molar-refractivity contribution in [2.75, 3.05) is 6.61 Å². The summed E-state index contributed by atoms with van der Waals surface area (Å²) in [4.78, 5) is 8.07. The first-order chi connectivity index (χ1) is 7.86. The second-order valence-electron chi connectivity index (χ2n) is 4.19. The molecule has 0 amide bonds. The predicted molar refractivity (Wildman–Crippen MR) is 59.8 cm³/mol. The van der Waals surface area contributed by atoms with E-state index in [2.05, 4.69) is 9.97 Å². The van der Waals surface area contributed by atoms with E-state index >= 15 is 0 Å². The Morgan fingerprint density at radius 1 is 1.44 bits per heavy atom. The highest BCUT2D eigenvalue weighted by atomic mass is 16.5. The third kappa shape index (κ3) is 3.25. The van der Waals surface area contributed by atoms with Gasteiger partial charge in [-0.05, 0) is 38.2 Å². The van der Waals surface area contributed by atoms with Crippen molar-refractivity contribution in [3.63, 3.8) is 0 Å². The van der Waals surface area contributed by atoms with Crippen LogP contribution in [-0.4, -0.2) is 27.8 Å². The number of hydrogen-bond donors (Lipinski definition) is 1. The fraction of sp³-hybridized carbons (Fsp3) is 0.667. The first kappa shape index (κ1) is 11.5. The summed E-state index contributed by atoms with van der Waals surface area (Å²) in [7, 11) is 0. The Hall–Kier alpha value is -1.00. The fourth-order valence-electron chi connectivity index (χ4n) is 2.02. The second kappa shape index (κ2) is 5.92. The van der Waals surface area contributed by atoms with Crippen LogP contribution in [-0.2, 0) is 4.74 Å². The summed E-state index contributed by atoms with van der Waals surface area (Å²) in [6.07, 6.45) is 8.23. The molecule has 16 heavy (non-hydrogen) atoms. The van der Waals surface area contributed by atoms with Crippen molar-refractivity contribution in [2.24, 2.45) is 0 Å². The largest absolute Gasteiger partial charge is 0.385 e. The van der Waals surface area contributed by atoms with Gasteiger partial charge in [0.05, 0.1) is 6.10 Å². The van der Waals surface area contributed by atoms with Gasteiger partial charge in [0.15, 0.2) is 5.82 Å². The van der Waals surface area contributed by atoms with Crippen molar-refractivity contribution in [2.45, 2.75) is 44.3 Å². The molecule has 1 aromatic rings. The Balaban J connectivity index is 1.69. The molecule has 0 aliphatic carbocycles. The molecule has 1 aliphatic heterocycles. The second-order valence-corrected chi connectivity index (χ2v) is 4.19. The third-order valence-corrected chi connectivity index (χ3v) is 2.91. The van der Waals surface area contributed by atoms with Crippen LogP contribution in [0.3, 0.4) is 0 Å². The molecule has 4 nitrogen and oxygen atoms in total. The van der Waals surface area contributed by atoms with Gasteiger partial charge in [-0.25, -0.2) is 9.97 Å². The fourth-order valence-corrected chi connectivity index (χ4v) is 2.02. The number of aromatic nitrogens is 2. The van der Waals surface area contributed by atoms with Crippen molar-refractivity contribution in [3.05, 3.63) is 24.3 Å². The van der Waals surface area contributed by atoms with E-state index in [0.29, 0.717) is 18.3 Å². The number of aliphatic hydroxyl groups is 1. The summed E-state index contributed by atoms with van der Waals surface area (Å²) in [6.45, 7) is 0.898. The quantitative estimate of drug-likeness (QED) is 0.826.